The Balaban J connectivity index is 1.41. The van der Waals surface area contributed by atoms with Crippen molar-refractivity contribution in [3.8, 4) is 11.6 Å². The number of hydrogen-bond acceptors (Lipinski definition) is 9. The van der Waals surface area contributed by atoms with E-state index in [1.54, 1.807) is 62.1 Å². The van der Waals surface area contributed by atoms with Gasteiger partial charge in [0.15, 0.2) is 17.5 Å². The average Bonchev–Trinajstić information content (AvgIpc) is 3.40. The summed E-state index contributed by atoms with van der Waals surface area (Å²) in [4.78, 5) is 38.9. The molecule has 0 bridgehead atoms. The van der Waals surface area contributed by atoms with Crippen LogP contribution in [0, 0.1) is 0 Å². The second-order valence-electron chi connectivity index (χ2n) is 12.4. The number of halogens is 3. The van der Waals surface area contributed by atoms with Crippen LogP contribution in [0.3, 0.4) is 0 Å². The summed E-state index contributed by atoms with van der Waals surface area (Å²) in [7, 11) is 1.51. The molecule has 2 aliphatic rings. The fourth-order valence-electron chi connectivity index (χ4n) is 5.78. The number of amides is 2. The maximum Gasteiger partial charge on any atom is 0.430 e. The van der Waals surface area contributed by atoms with Crippen LogP contribution in [0.4, 0.5) is 34.4 Å². The van der Waals surface area contributed by atoms with Gasteiger partial charge in [-0.15, -0.1) is 5.10 Å². The van der Waals surface area contributed by atoms with Gasteiger partial charge in [0.05, 0.1) is 24.7 Å². The van der Waals surface area contributed by atoms with Crippen LogP contribution in [0.25, 0.3) is 16.7 Å². The number of anilines is 2. The van der Waals surface area contributed by atoms with E-state index in [9.17, 15) is 22.8 Å². The minimum atomic E-state index is -4.96. The zero-order valence-corrected chi connectivity index (χ0v) is 26.5. The number of benzene rings is 2. The van der Waals surface area contributed by atoms with E-state index in [-0.39, 0.29) is 24.2 Å². The first-order valence-corrected chi connectivity index (χ1v) is 15.0. The summed E-state index contributed by atoms with van der Waals surface area (Å²) < 4.78 is 60.8. The molecule has 1 saturated heterocycles. The Morgan fingerprint density at radius 2 is 1.70 bits per heavy atom. The van der Waals surface area contributed by atoms with E-state index in [0.717, 1.165) is 11.2 Å². The van der Waals surface area contributed by atoms with Crippen LogP contribution in [-0.2, 0) is 16.0 Å². The van der Waals surface area contributed by atoms with Gasteiger partial charge < -0.3 is 24.0 Å². The minimum absolute atomic E-state index is 0.110. The Hall–Kier alpha value is -5.08. The molecule has 4 heterocycles. The van der Waals surface area contributed by atoms with Gasteiger partial charge in [0.25, 0.3) is 0 Å². The number of methoxy groups -OCH3 is 1. The van der Waals surface area contributed by atoms with Gasteiger partial charge in [-0.3, -0.25) is 4.90 Å². The Bertz CT molecular complexity index is 1810. The van der Waals surface area contributed by atoms with Crippen LogP contribution in [0.15, 0.2) is 54.9 Å². The number of rotatable bonds is 5. The third kappa shape index (κ3) is 6.21. The number of ether oxygens (including phenoxy) is 3. The summed E-state index contributed by atoms with van der Waals surface area (Å²) in [5.41, 5.74) is 0.0294. The topological polar surface area (TPSA) is 115 Å². The van der Waals surface area contributed by atoms with Crippen molar-refractivity contribution >= 4 is 34.7 Å². The molecule has 6 rings (SSSR count). The van der Waals surface area contributed by atoms with Crippen LogP contribution in [-0.4, -0.2) is 81.4 Å². The van der Waals surface area contributed by atoms with E-state index in [0.29, 0.717) is 47.7 Å². The van der Waals surface area contributed by atoms with Crippen molar-refractivity contribution in [2.24, 2.45) is 0 Å². The monoisotopic (exact) mass is 653 g/mol. The predicted octanol–water partition coefficient (Wildman–Crippen LogP) is 6.03. The second kappa shape index (κ2) is 11.9. The number of nitrogens with zero attached hydrogens (tertiary/aromatic N) is 7. The number of alkyl halides is 3. The highest BCUT2D eigenvalue weighted by atomic mass is 19.4. The number of piperazine rings is 1. The Morgan fingerprint density at radius 1 is 1.00 bits per heavy atom. The second-order valence-corrected chi connectivity index (χ2v) is 12.4. The third-order valence-electron chi connectivity index (χ3n) is 7.92. The van der Waals surface area contributed by atoms with Crippen LogP contribution in [0.5, 0.6) is 5.75 Å². The summed E-state index contributed by atoms with van der Waals surface area (Å²) in [6, 6.07) is 13.7. The molecule has 0 spiro atoms. The molecule has 47 heavy (non-hydrogen) atoms. The van der Waals surface area contributed by atoms with Crippen molar-refractivity contribution in [2.75, 3.05) is 36.5 Å². The van der Waals surface area contributed by atoms with E-state index in [2.05, 4.69) is 9.97 Å². The van der Waals surface area contributed by atoms with E-state index >= 15 is 0 Å². The standard InChI is InChI=1S/C32H34F3N7O5/c1-19-16-39(29(43)47-31(2,3)4)14-15-40(19)26-22-8-6-7-9-23(22)42(38-26)28-24-25(32(33,34)35)46-30(44)41(27(24)36-18-37-28)17-20-10-12-21(45-5)13-11-20/h6-13,18-19,25H,14-17H2,1-5H3/t19-,25-/m1/s1. The molecule has 2 aromatic carbocycles. The molecule has 0 radical (unpaired) electrons. The average molecular weight is 654 g/mol. The van der Waals surface area contributed by atoms with Gasteiger partial charge in [0.2, 0.25) is 6.10 Å². The maximum absolute atomic E-state index is 14.5. The number of carbonyl (C=O) groups is 2. The highest BCUT2D eigenvalue weighted by molar-refractivity contribution is 5.93. The first kappa shape index (κ1) is 31.9. The molecule has 1 fully saturated rings. The molecule has 2 aromatic heterocycles. The number of fused-ring (bicyclic) bond motifs is 2. The minimum Gasteiger partial charge on any atom is -0.497 e. The molecule has 248 valence electrons. The van der Waals surface area contributed by atoms with E-state index in [4.69, 9.17) is 19.3 Å². The molecular formula is C32H34F3N7O5. The summed E-state index contributed by atoms with van der Waals surface area (Å²) in [5.74, 6) is 0.687. The summed E-state index contributed by atoms with van der Waals surface area (Å²) in [6.45, 7) is 8.35. The smallest absolute Gasteiger partial charge is 0.430 e. The van der Waals surface area contributed by atoms with E-state index < -0.39 is 35.6 Å². The summed E-state index contributed by atoms with van der Waals surface area (Å²) in [6.07, 6.45) is -8.09. The fraction of sp³-hybridized carbons (Fsp3) is 0.406. The molecule has 2 amide bonds. The lowest BCUT2D eigenvalue weighted by molar-refractivity contribution is -0.207. The maximum atomic E-state index is 14.5. The summed E-state index contributed by atoms with van der Waals surface area (Å²) >= 11 is 0. The van der Waals surface area contributed by atoms with Crippen molar-refractivity contribution in [3.05, 3.63) is 66.0 Å². The first-order chi connectivity index (χ1) is 22.2. The summed E-state index contributed by atoms with van der Waals surface area (Å²) in [5, 5.41) is 5.48. The van der Waals surface area contributed by atoms with Crippen LogP contribution < -0.4 is 14.5 Å². The van der Waals surface area contributed by atoms with Gasteiger partial charge in [-0.2, -0.15) is 13.2 Å². The number of carbonyl (C=O) groups excluding carboxylic acids is 2. The van der Waals surface area contributed by atoms with Gasteiger partial charge >= 0.3 is 18.4 Å². The Kier molecular flexibility index (Phi) is 8.10. The molecule has 2 atom stereocenters. The fourth-order valence-corrected chi connectivity index (χ4v) is 5.78. The molecule has 0 unspecified atom stereocenters. The molecule has 0 saturated carbocycles. The van der Waals surface area contributed by atoms with Gasteiger partial charge in [-0.1, -0.05) is 24.3 Å². The Labute approximate surface area is 268 Å². The van der Waals surface area contributed by atoms with E-state index in [1.165, 1.54) is 11.8 Å². The Morgan fingerprint density at radius 3 is 2.36 bits per heavy atom. The third-order valence-corrected chi connectivity index (χ3v) is 7.92. The van der Waals surface area contributed by atoms with Gasteiger partial charge in [0, 0.05) is 31.1 Å². The molecule has 12 nitrogen and oxygen atoms in total. The van der Waals surface area contributed by atoms with Gasteiger partial charge in [-0.05, 0) is 57.5 Å². The molecule has 4 aromatic rings. The molecule has 0 N–H and O–H groups in total. The molecule has 2 aliphatic heterocycles. The molecular weight excluding hydrogens is 619 g/mol. The van der Waals surface area contributed by atoms with Gasteiger partial charge in [0.1, 0.15) is 17.7 Å². The van der Waals surface area contributed by atoms with Crippen LogP contribution >= 0.6 is 0 Å². The molecule has 0 aliphatic carbocycles. The SMILES string of the molecule is COc1ccc(CN2C(=O)O[C@@H](C(F)(F)F)c3c2ncnc3-n2nc(N3CCN(C(=O)OC(C)(C)C)C[C@H]3C)c3ccccc32)cc1. The number of cyclic esters (lactones) is 1. The largest absolute Gasteiger partial charge is 0.497 e. The van der Waals surface area contributed by atoms with Crippen LogP contribution in [0.2, 0.25) is 0 Å². The zero-order valence-electron chi connectivity index (χ0n) is 26.5. The number of aromatic nitrogens is 4. The van der Waals surface area contributed by atoms with Crippen molar-refractivity contribution in [1.82, 2.24) is 24.6 Å². The number of hydrogen-bond donors (Lipinski definition) is 0. The highest BCUT2D eigenvalue weighted by Gasteiger charge is 2.52. The lowest BCUT2D eigenvalue weighted by atomic mass is 10.1. The van der Waals surface area contributed by atoms with Crippen molar-refractivity contribution in [2.45, 2.75) is 58.2 Å². The van der Waals surface area contributed by atoms with Crippen molar-refractivity contribution in [1.29, 1.82) is 0 Å². The lowest BCUT2D eigenvalue weighted by Crippen LogP contribution is -2.54. The quantitative estimate of drug-likeness (QED) is 0.255. The van der Waals surface area contributed by atoms with Crippen molar-refractivity contribution in [3.63, 3.8) is 0 Å². The highest BCUT2D eigenvalue weighted by Crippen LogP contribution is 2.46. The van der Waals surface area contributed by atoms with Crippen LogP contribution in [0.1, 0.15) is 44.9 Å². The normalized spacial score (nSPS) is 18.6. The first-order valence-electron chi connectivity index (χ1n) is 15.0. The van der Waals surface area contributed by atoms with Crippen molar-refractivity contribution < 1.29 is 37.0 Å². The zero-order chi connectivity index (χ0) is 33.7. The van der Waals surface area contributed by atoms with E-state index in [1.807, 2.05) is 24.0 Å². The lowest BCUT2D eigenvalue weighted by Gasteiger charge is -2.40. The van der Waals surface area contributed by atoms with Gasteiger partial charge in [-0.25, -0.2) is 24.2 Å². The molecule has 15 heteroatoms. The number of para-hydroxylation sites is 1. The predicted molar refractivity (Wildman–Crippen MR) is 166 cm³/mol.